The van der Waals surface area contributed by atoms with Crippen molar-refractivity contribution < 1.29 is 24.1 Å². The number of hydrogen-bond acceptors (Lipinski definition) is 7. The Morgan fingerprint density at radius 3 is 2.25 bits per heavy atom. The summed E-state index contributed by atoms with van der Waals surface area (Å²) in [5, 5.41) is 22.5. The molecule has 0 saturated carbocycles. The molecular weight excluding hydrogens is 368 g/mol. The van der Waals surface area contributed by atoms with Crippen LogP contribution in [0.5, 0.6) is 11.5 Å². The van der Waals surface area contributed by atoms with Crippen LogP contribution in [0, 0.1) is 20.2 Å². The normalized spacial score (nSPS) is 14.3. The van der Waals surface area contributed by atoms with Gasteiger partial charge < -0.3 is 14.2 Å². The van der Waals surface area contributed by atoms with Crippen LogP contribution in [0.1, 0.15) is 23.6 Å². The number of nitro benzene ring substituents is 2. The van der Waals surface area contributed by atoms with Crippen LogP contribution in [0.2, 0.25) is 0 Å². The van der Waals surface area contributed by atoms with Crippen LogP contribution in [0.15, 0.2) is 30.3 Å². The molecule has 0 spiro atoms. The molecule has 0 fully saturated rings. The SMILES string of the molecule is CCc1cc([N+](=O)[O-])cc2c1OCCOCCOc1ccc([N+](=O)[O-])cc1C2. The minimum absolute atomic E-state index is 0.0459. The molecule has 2 aromatic rings. The molecule has 0 radical (unpaired) electrons. The first-order chi connectivity index (χ1) is 13.5. The number of aryl methyl sites for hydroxylation is 1. The number of ether oxygens (including phenoxy) is 3. The maximum atomic E-state index is 11.4. The highest BCUT2D eigenvalue weighted by atomic mass is 16.6. The maximum absolute atomic E-state index is 11.4. The summed E-state index contributed by atoms with van der Waals surface area (Å²) in [6.45, 7) is 3.17. The highest BCUT2D eigenvalue weighted by Crippen LogP contribution is 2.35. The zero-order valence-electron chi connectivity index (χ0n) is 15.4. The Kier molecular flexibility index (Phi) is 6.05. The van der Waals surface area contributed by atoms with Gasteiger partial charge in [-0.2, -0.15) is 0 Å². The smallest absolute Gasteiger partial charge is 0.270 e. The lowest BCUT2D eigenvalue weighted by Crippen LogP contribution is -2.15. The van der Waals surface area contributed by atoms with E-state index in [2.05, 4.69) is 0 Å². The lowest BCUT2D eigenvalue weighted by atomic mass is 9.98. The molecule has 0 N–H and O–H groups in total. The Bertz CT molecular complexity index is 898. The van der Waals surface area contributed by atoms with Crippen molar-refractivity contribution in [3.05, 3.63) is 67.3 Å². The van der Waals surface area contributed by atoms with Gasteiger partial charge in [-0.1, -0.05) is 6.92 Å². The van der Waals surface area contributed by atoms with E-state index in [1.54, 1.807) is 0 Å². The third-order valence-electron chi connectivity index (χ3n) is 4.41. The number of nitrogens with zero attached hydrogens (tertiary/aromatic N) is 2. The first-order valence-corrected chi connectivity index (χ1v) is 8.90. The highest BCUT2D eigenvalue weighted by molar-refractivity contribution is 5.54. The van der Waals surface area contributed by atoms with Crippen molar-refractivity contribution in [1.82, 2.24) is 0 Å². The van der Waals surface area contributed by atoms with Gasteiger partial charge in [0.2, 0.25) is 0 Å². The van der Waals surface area contributed by atoms with Gasteiger partial charge in [0.05, 0.1) is 23.1 Å². The lowest BCUT2D eigenvalue weighted by Gasteiger charge is -2.18. The van der Waals surface area contributed by atoms with Crippen molar-refractivity contribution in [2.45, 2.75) is 19.8 Å². The average molecular weight is 388 g/mol. The van der Waals surface area contributed by atoms with Crippen molar-refractivity contribution in [3.63, 3.8) is 0 Å². The van der Waals surface area contributed by atoms with Gasteiger partial charge in [0.25, 0.3) is 11.4 Å². The molecule has 9 nitrogen and oxygen atoms in total. The molecule has 1 aliphatic rings. The van der Waals surface area contributed by atoms with Crippen molar-refractivity contribution >= 4 is 11.4 Å². The summed E-state index contributed by atoms with van der Waals surface area (Å²) in [6, 6.07) is 7.28. The molecule has 0 bridgehead atoms. The van der Waals surface area contributed by atoms with E-state index in [9.17, 15) is 20.2 Å². The van der Waals surface area contributed by atoms with Gasteiger partial charge >= 0.3 is 0 Å². The van der Waals surface area contributed by atoms with Crippen LogP contribution >= 0.6 is 0 Å². The molecule has 2 aromatic carbocycles. The fourth-order valence-electron chi connectivity index (χ4n) is 3.10. The number of non-ortho nitro benzene ring substituents is 2. The molecule has 0 aliphatic carbocycles. The van der Waals surface area contributed by atoms with Crippen molar-refractivity contribution in [3.8, 4) is 11.5 Å². The third-order valence-corrected chi connectivity index (χ3v) is 4.41. The summed E-state index contributed by atoms with van der Waals surface area (Å²) in [6.07, 6.45) is 0.755. The molecule has 28 heavy (non-hydrogen) atoms. The summed E-state index contributed by atoms with van der Waals surface area (Å²) in [4.78, 5) is 21.6. The zero-order valence-corrected chi connectivity index (χ0v) is 15.4. The highest BCUT2D eigenvalue weighted by Gasteiger charge is 2.20. The Hall–Kier alpha value is -3.20. The first-order valence-electron chi connectivity index (χ1n) is 8.90. The molecule has 0 unspecified atom stereocenters. The van der Waals surface area contributed by atoms with E-state index in [1.807, 2.05) is 6.92 Å². The van der Waals surface area contributed by atoms with Crippen molar-refractivity contribution in [1.29, 1.82) is 0 Å². The number of benzene rings is 2. The Balaban J connectivity index is 2.13. The summed E-state index contributed by atoms with van der Waals surface area (Å²) in [5.41, 5.74) is 1.72. The number of hydrogen-bond donors (Lipinski definition) is 0. The largest absolute Gasteiger partial charge is 0.491 e. The van der Waals surface area contributed by atoms with Crippen LogP contribution in [-0.2, 0) is 17.6 Å². The van der Waals surface area contributed by atoms with Gasteiger partial charge in [-0.05, 0) is 12.5 Å². The molecule has 0 aromatic heterocycles. The second-order valence-electron chi connectivity index (χ2n) is 6.24. The average Bonchev–Trinajstić information content (AvgIpc) is 2.67. The predicted octanol–water partition coefficient (Wildman–Crippen LogP) is 3.44. The van der Waals surface area contributed by atoms with Crippen LogP contribution in [0.3, 0.4) is 0 Å². The van der Waals surface area contributed by atoms with E-state index in [4.69, 9.17) is 14.2 Å². The molecule has 148 valence electrons. The summed E-state index contributed by atoms with van der Waals surface area (Å²) >= 11 is 0. The Morgan fingerprint density at radius 2 is 1.57 bits per heavy atom. The van der Waals surface area contributed by atoms with Gasteiger partial charge in [-0.25, -0.2) is 0 Å². The summed E-state index contributed by atoms with van der Waals surface area (Å²) in [5.74, 6) is 1.03. The third kappa shape index (κ3) is 4.37. The Morgan fingerprint density at radius 1 is 0.893 bits per heavy atom. The molecule has 0 atom stereocenters. The van der Waals surface area contributed by atoms with Gasteiger partial charge in [0, 0.05) is 47.4 Å². The first kappa shape index (κ1) is 19.6. The molecule has 1 heterocycles. The van der Waals surface area contributed by atoms with E-state index in [0.717, 1.165) is 0 Å². The second kappa shape index (κ2) is 8.66. The molecule has 3 rings (SSSR count). The Labute approximate surface area is 161 Å². The maximum Gasteiger partial charge on any atom is 0.270 e. The van der Waals surface area contributed by atoms with Crippen LogP contribution in [0.25, 0.3) is 0 Å². The molecule has 9 heteroatoms. The predicted molar refractivity (Wildman–Crippen MR) is 100 cm³/mol. The molecule has 0 saturated heterocycles. The van der Waals surface area contributed by atoms with E-state index in [0.29, 0.717) is 54.4 Å². The quantitative estimate of drug-likeness (QED) is 0.584. The topological polar surface area (TPSA) is 114 Å². The van der Waals surface area contributed by atoms with Gasteiger partial charge in [-0.15, -0.1) is 0 Å². The van der Waals surface area contributed by atoms with E-state index >= 15 is 0 Å². The minimum Gasteiger partial charge on any atom is -0.491 e. The number of nitro groups is 2. The van der Waals surface area contributed by atoms with Crippen molar-refractivity contribution in [2.75, 3.05) is 26.4 Å². The van der Waals surface area contributed by atoms with Crippen LogP contribution in [0.4, 0.5) is 11.4 Å². The van der Waals surface area contributed by atoms with E-state index in [-0.39, 0.29) is 24.4 Å². The number of rotatable bonds is 3. The summed E-state index contributed by atoms with van der Waals surface area (Å²) in [7, 11) is 0. The minimum atomic E-state index is -0.484. The van der Waals surface area contributed by atoms with E-state index < -0.39 is 9.85 Å². The van der Waals surface area contributed by atoms with Crippen LogP contribution in [-0.4, -0.2) is 36.3 Å². The second-order valence-corrected chi connectivity index (χ2v) is 6.24. The van der Waals surface area contributed by atoms with Crippen LogP contribution < -0.4 is 9.47 Å². The number of fused-ring (bicyclic) bond motifs is 2. The summed E-state index contributed by atoms with van der Waals surface area (Å²) < 4.78 is 17.1. The standard InChI is InChI=1S/C19H20N2O7/c1-2-13-10-17(21(24)25)12-15-9-14-11-16(20(22)23)3-4-18(14)27-7-5-26-6-8-28-19(13)15/h3-4,10-12H,2,5-9H2,1H3. The molecule has 1 aliphatic heterocycles. The fraction of sp³-hybridized carbons (Fsp3) is 0.368. The lowest BCUT2D eigenvalue weighted by molar-refractivity contribution is -0.385. The fourth-order valence-corrected chi connectivity index (χ4v) is 3.10. The monoisotopic (exact) mass is 388 g/mol. The molecule has 0 amide bonds. The van der Waals surface area contributed by atoms with Crippen molar-refractivity contribution in [2.24, 2.45) is 0 Å². The zero-order chi connectivity index (χ0) is 20.1. The van der Waals surface area contributed by atoms with E-state index in [1.165, 1.54) is 30.3 Å². The van der Waals surface area contributed by atoms with Gasteiger partial charge in [0.1, 0.15) is 24.7 Å². The molecular formula is C19H20N2O7. The van der Waals surface area contributed by atoms with Gasteiger partial charge in [0.15, 0.2) is 0 Å². The van der Waals surface area contributed by atoms with Gasteiger partial charge in [-0.3, -0.25) is 20.2 Å².